The topological polar surface area (TPSA) is 141 Å². The molecule has 1 aliphatic rings. The molecule has 0 saturated carbocycles. The van der Waals surface area contributed by atoms with Gasteiger partial charge in [0.2, 0.25) is 0 Å². The molecule has 228 valence electrons. The van der Waals surface area contributed by atoms with Gasteiger partial charge in [-0.2, -0.15) is 0 Å². The van der Waals surface area contributed by atoms with E-state index >= 15 is 0 Å². The van der Waals surface area contributed by atoms with Crippen LogP contribution in [0.5, 0.6) is 0 Å². The van der Waals surface area contributed by atoms with Gasteiger partial charge in [0.25, 0.3) is 0 Å². The van der Waals surface area contributed by atoms with Crippen molar-refractivity contribution in [2.75, 3.05) is 46.1 Å². The predicted molar refractivity (Wildman–Crippen MR) is 153 cm³/mol. The fraction of sp³-hybridized carbons (Fsp3) is 1.00. The third kappa shape index (κ3) is 16.0. The normalized spacial score (nSPS) is 24.6. The summed E-state index contributed by atoms with van der Waals surface area (Å²) in [4.78, 5) is 0. The van der Waals surface area contributed by atoms with Crippen LogP contribution < -0.4 is 16.8 Å². The second kappa shape index (κ2) is 24.4. The van der Waals surface area contributed by atoms with Gasteiger partial charge in [0.1, 0.15) is 18.3 Å². The monoisotopic (exact) mass is 547 g/mol. The number of ether oxygens (including phenoxy) is 4. The number of aliphatic hydroxyl groups excluding tert-OH is 2. The van der Waals surface area contributed by atoms with E-state index in [1.807, 2.05) is 0 Å². The first-order valence-corrected chi connectivity index (χ1v) is 15.5. The molecule has 0 bridgehead atoms. The molecule has 0 spiro atoms. The zero-order valence-corrected chi connectivity index (χ0v) is 24.5. The van der Waals surface area contributed by atoms with Crippen LogP contribution in [0.1, 0.15) is 104 Å². The predicted octanol–water partition coefficient (Wildman–Crippen LogP) is 3.23. The Bertz CT molecular complexity index is 519. The summed E-state index contributed by atoms with van der Waals surface area (Å²) >= 11 is 0. The molecule has 0 aromatic heterocycles. The highest BCUT2D eigenvalue weighted by atomic mass is 16.7. The molecule has 9 nitrogen and oxygen atoms in total. The van der Waals surface area contributed by atoms with Crippen molar-refractivity contribution in [3.8, 4) is 0 Å². The van der Waals surface area contributed by atoms with Gasteiger partial charge in [-0.3, -0.25) is 0 Å². The van der Waals surface area contributed by atoms with Crippen molar-refractivity contribution >= 4 is 0 Å². The number of nitrogens with two attached hydrogens (primary N) is 2. The lowest BCUT2D eigenvalue weighted by atomic mass is 9.96. The van der Waals surface area contributed by atoms with E-state index in [1.165, 1.54) is 64.2 Å². The molecule has 1 fully saturated rings. The molecule has 1 aliphatic heterocycles. The van der Waals surface area contributed by atoms with Gasteiger partial charge in [-0.15, -0.1) is 0 Å². The molecule has 1 rings (SSSR count). The summed E-state index contributed by atoms with van der Waals surface area (Å²) in [7, 11) is 0. The lowest BCUT2D eigenvalue weighted by Gasteiger charge is -2.44. The summed E-state index contributed by atoms with van der Waals surface area (Å²) in [6.07, 6.45) is 14.4. The summed E-state index contributed by atoms with van der Waals surface area (Å²) in [6, 6.07) is -0.556. The molecule has 0 aromatic rings. The number of aliphatic hydroxyl groups is 2. The maximum Gasteiger partial charge on any atom is 0.175 e. The molecule has 1 unspecified atom stereocenters. The molecule has 0 radical (unpaired) electrons. The Hall–Kier alpha value is -0.360. The van der Waals surface area contributed by atoms with Gasteiger partial charge in [0.05, 0.1) is 25.4 Å². The lowest BCUT2D eigenvalue weighted by molar-refractivity contribution is -0.276. The van der Waals surface area contributed by atoms with E-state index in [-0.39, 0.29) is 25.9 Å². The number of hydrogen-bond donors (Lipinski definition) is 5. The first-order valence-electron chi connectivity index (χ1n) is 15.5. The summed E-state index contributed by atoms with van der Waals surface area (Å²) in [5.41, 5.74) is 12.7. The second-order valence-electron chi connectivity index (χ2n) is 10.7. The summed E-state index contributed by atoms with van der Waals surface area (Å²) in [5.74, 6) is 0. The average Bonchev–Trinajstić information content (AvgIpc) is 2.92. The maximum atomic E-state index is 10.2. The molecule has 0 aromatic carbocycles. The quantitative estimate of drug-likeness (QED) is 0.103. The molecule has 0 aliphatic carbocycles. The van der Waals surface area contributed by atoms with Crippen molar-refractivity contribution in [2.45, 2.75) is 140 Å². The van der Waals surface area contributed by atoms with Crippen LogP contribution in [0.25, 0.3) is 0 Å². The first-order chi connectivity index (χ1) is 18.6. The minimum absolute atomic E-state index is 0.0143. The van der Waals surface area contributed by atoms with E-state index in [9.17, 15) is 5.11 Å². The van der Waals surface area contributed by atoms with Gasteiger partial charge >= 0.3 is 0 Å². The van der Waals surface area contributed by atoms with Crippen molar-refractivity contribution in [1.29, 1.82) is 0 Å². The molecule has 1 saturated heterocycles. The van der Waals surface area contributed by atoms with Gasteiger partial charge < -0.3 is 45.9 Å². The zero-order valence-electron chi connectivity index (χ0n) is 24.5. The summed E-state index contributed by atoms with van der Waals surface area (Å²) in [5, 5.41) is 22.1. The Morgan fingerprint density at radius 1 is 0.789 bits per heavy atom. The number of unbranched alkanes of at least 4 members (excludes halogenated alkanes) is 12. The van der Waals surface area contributed by atoms with Crippen molar-refractivity contribution in [1.82, 2.24) is 5.32 Å². The Morgan fingerprint density at radius 3 is 1.84 bits per heavy atom. The maximum absolute atomic E-state index is 10.2. The Morgan fingerprint density at radius 2 is 1.32 bits per heavy atom. The second-order valence-corrected chi connectivity index (χ2v) is 10.7. The lowest BCUT2D eigenvalue weighted by Crippen LogP contribution is -2.65. The Balaban J connectivity index is 2.61. The van der Waals surface area contributed by atoms with Crippen molar-refractivity contribution in [2.24, 2.45) is 11.5 Å². The average molecular weight is 548 g/mol. The fourth-order valence-electron chi connectivity index (χ4n) is 4.84. The molecule has 6 atom stereocenters. The molecular formula is C29H61N3O6. The van der Waals surface area contributed by atoms with E-state index in [0.717, 1.165) is 25.7 Å². The van der Waals surface area contributed by atoms with Gasteiger partial charge in [-0.1, -0.05) is 90.9 Å². The number of hydrogen-bond acceptors (Lipinski definition) is 9. The van der Waals surface area contributed by atoms with Crippen LogP contribution in [0.2, 0.25) is 0 Å². The largest absolute Gasteiger partial charge is 0.395 e. The molecule has 38 heavy (non-hydrogen) atoms. The van der Waals surface area contributed by atoms with Crippen LogP contribution in [0.3, 0.4) is 0 Å². The smallest absolute Gasteiger partial charge is 0.175 e. The van der Waals surface area contributed by atoms with Crippen LogP contribution in [-0.2, 0) is 18.9 Å². The van der Waals surface area contributed by atoms with Gasteiger partial charge in [-0.05, 0) is 12.8 Å². The standard InChI is InChI=1S/C29H61N3O6/c1-3-5-7-9-11-13-15-19-35-27-25(21-30)38-29(37-23-24(34)22-32-17-18-33)26(31)28(27)36-20-16-14-12-10-8-6-4-2/h24-29,32-34H,3-23,30-31H2,1-2H3/t24?,25-,26-,27-,28-,29+/m1/s1. The molecule has 7 N–H and O–H groups in total. The third-order valence-corrected chi connectivity index (χ3v) is 7.16. The van der Waals surface area contributed by atoms with E-state index in [4.69, 9.17) is 35.5 Å². The molecule has 1 heterocycles. The van der Waals surface area contributed by atoms with E-state index in [0.29, 0.717) is 26.3 Å². The van der Waals surface area contributed by atoms with Gasteiger partial charge in [-0.25, -0.2) is 0 Å². The van der Waals surface area contributed by atoms with E-state index < -0.39 is 30.6 Å². The molecule has 0 amide bonds. The highest BCUT2D eigenvalue weighted by Gasteiger charge is 2.46. The number of rotatable bonds is 26. The first kappa shape index (κ1) is 35.7. The molecular weight excluding hydrogens is 486 g/mol. The highest BCUT2D eigenvalue weighted by Crippen LogP contribution is 2.26. The van der Waals surface area contributed by atoms with Crippen molar-refractivity contribution in [3.05, 3.63) is 0 Å². The number of nitrogens with one attached hydrogen (secondary N) is 1. The van der Waals surface area contributed by atoms with Crippen LogP contribution in [0.4, 0.5) is 0 Å². The van der Waals surface area contributed by atoms with Crippen LogP contribution in [0.15, 0.2) is 0 Å². The Labute approximate surface area is 232 Å². The van der Waals surface area contributed by atoms with E-state index in [2.05, 4.69) is 19.2 Å². The van der Waals surface area contributed by atoms with Crippen LogP contribution in [-0.4, -0.2) is 93.0 Å². The minimum Gasteiger partial charge on any atom is -0.395 e. The van der Waals surface area contributed by atoms with E-state index in [1.54, 1.807) is 0 Å². The summed E-state index contributed by atoms with van der Waals surface area (Å²) in [6.45, 7) is 6.78. The summed E-state index contributed by atoms with van der Waals surface area (Å²) < 4.78 is 24.7. The minimum atomic E-state index is -0.743. The van der Waals surface area contributed by atoms with Crippen molar-refractivity contribution < 1.29 is 29.2 Å². The van der Waals surface area contributed by atoms with Gasteiger partial charge in [0, 0.05) is 32.8 Å². The Kier molecular flexibility index (Phi) is 22.9. The van der Waals surface area contributed by atoms with Crippen molar-refractivity contribution in [3.63, 3.8) is 0 Å². The highest BCUT2D eigenvalue weighted by molar-refractivity contribution is 4.94. The molecule has 9 heteroatoms. The van der Waals surface area contributed by atoms with Crippen LogP contribution >= 0.6 is 0 Å². The SMILES string of the molecule is CCCCCCCCCO[C@@H]1[C@@H](N)[C@@H](OCC(O)CNCCO)O[C@H](CN)[C@H]1OCCCCCCCCC. The third-order valence-electron chi connectivity index (χ3n) is 7.16. The van der Waals surface area contributed by atoms with Crippen LogP contribution in [0, 0.1) is 0 Å². The zero-order chi connectivity index (χ0) is 27.8. The fourth-order valence-corrected chi connectivity index (χ4v) is 4.84. The van der Waals surface area contributed by atoms with Gasteiger partial charge in [0.15, 0.2) is 6.29 Å².